The number of methoxy groups -OCH3 is 1. The molecule has 9 aromatic rings. The Balaban J connectivity index is 0.000000176. The molecule has 6 aromatic heterocycles. The van der Waals surface area contributed by atoms with Gasteiger partial charge in [-0.25, -0.2) is 0 Å². The second-order valence-corrected chi connectivity index (χ2v) is 39.5. The van der Waals surface area contributed by atoms with Gasteiger partial charge >= 0.3 is 30.9 Å². The Bertz CT molecular complexity index is 6050. The zero-order valence-corrected chi connectivity index (χ0v) is 83.8. The van der Waals surface area contributed by atoms with Crippen molar-refractivity contribution in [3.8, 4) is 28.1 Å². The number of halogens is 15. The topological polar surface area (TPSA) is 301 Å². The van der Waals surface area contributed by atoms with E-state index in [1.54, 1.807) is 66.3 Å². The van der Waals surface area contributed by atoms with Gasteiger partial charge < -0.3 is 93.5 Å². The number of para-hydroxylation sites is 6. The van der Waals surface area contributed by atoms with Crippen molar-refractivity contribution in [1.29, 1.82) is 0 Å². The lowest BCUT2D eigenvalue weighted by molar-refractivity contribution is -0.160. The van der Waals surface area contributed by atoms with Gasteiger partial charge in [-0.2, -0.15) is 65.9 Å². The van der Waals surface area contributed by atoms with E-state index in [0.29, 0.717) is 155 Å². The van der Waals surface area contributed by atoms with Gasteiger partial charge in [0.15, 0.2) is 5.06 Å². The van der Waals surface area contributed by atoms with Crippen molar-refractivity contribution in [2.75, 3.05) is 178 Å². The minimum atomic E-state index is -4.88. The molecule has 0 spiro atoms. The minimum Gasteiger partial charge on any atom is -0.495 e. The summed E-state index contributed by atoms with van der Waals surface area (Å²) in [6, 6.07) is 26.3. The molecule has 6 atom stereocenters. The number of nitrogens with zero attached hydrogens (tertiary/aromatic N) is 13. The quantitative estimate of drug-likeness (QED) is 0.0331. The number of carbonyl (C=O) groups is 7. The number of nitrogens with one attached hydrogen (secondary N) is 2. The summed E-state index contributed by atoms with van der Waals surface area (Å²) in [4.78, 5) is 126. The van der Waals surface area contributed by atoms with Gasteiger partial charge in [0.1, 0.15) is 46.0 Å². The van der Waals surface area contributed by atoms with Gasteiger partial charge in [0, 0.05) is 215 Å². The summed E-state index contributed by atoms with van der Waals surface area (Å²) in [5.74, 6) is -3.99. The molecular formula is C101H114F15N15O14S3. The van der Waals surface area contributed by atoms with Crippen molar-refractivity contribution in [1.82, 2.24) is 54.6 Å². The zero-order valence-electron chi connectivity index (χ0n) is 81.4. The smallest absolute Gasteiger partial charge is 0.425 e. The molecule has 0 saturated carbocycles. The minimum absolute atomic E-state index is 0.00706. The molecule has 0 bridgehead atoms. The van der Waals surface area contributed by atoms with Crippen LogP contribution in [0, 0.1) is 6.92 Å². The third-order valence-corrected chi connectivity index (χ3v) is 30.0. The fourth-order valence-corrected chi connectivity index (χ4v) is 22.5. The fourth-order valence-electron chi connectivity index (χ4n) is 20.4. The second kappa shape index (κ2) is 48.1. The van der Waals surface area contributed by atoms with Crippen LogP contribution in [-0.4, -0.2) is 294 Å². The second-order valence-electron chi connectivity index (χ2n) is 36.5. The van der Waals surface area contributed by atoms with Crippen molar-refractivity contribution >= 4 is 98.1 Å². The molecule has 2 unspecified atom stereocenters. The highest BCUT2D eigenvalue weighted by Gasteiger charge is 2.61. The van der Waals surface area contributed by atoms with E-state index in [2.05, 4.69) is 35.4 Å². The van der Waals surface area contributed by atoms with Gasteiger partial charge in [0.2, 0.25) is 22.7 Å². The Morgan fingerprint density at radius 1 is 0.453 bits per heavy atom. The predicted molar refractivity (Wildman–Crippen MR) is 522 cm³/mol. The number of anilines is 4. The number of alkyl halides is 15. The lowest BCUT2D eigenvalue weighted by Gasteiger charge is -2.51. The van der Waals surface area contributed by atoms with Crippen LogP contribution in [0.4, 0.5) is 88.6 Å². The summed E-state index contributed by atoms with van der Waals surface area (Å²) in [6.07, 6.45) is -15.8. The first-order chi connectivity index (χ1) is 70.6. The molecule has 7 amide bonds. The number of pyridine rings is 3. The van der Waals surface area contributed by atoms with Gasteiger partial charge in [0.25, 0.3) is 35.4 Å². The molecule has 7 saturated heterocycles. The molecule has 800 valence electrons. The summed E-state index contributed by atoms with van der Waals surface area (Å²) in [5.41, 5.74) is -7.89. The number of carbonyl (C=O) groups excluding carboxylic acids is 7. The number of hydrogen-bond donors (Lipinski definition) is 4. The Kier molecular flexibility index (Phi) is 36.2. The summed E-state index contributed by atoms with van der Waals surface area (Å²) in [7, 11) is 1.62. The van der Waals surface area contributed by atoms with E-state index in [-0.39, 0.29) is 128 Å². The molecule has 47 heteroatoms. The van der Waals surface area contributed by atoms with Crippen LogP contribution in [0.3, 0.4) is 0 Å². The molecule has 4 N–H and O–H groups in total. The highest BCUT2D eigenvalue weighted by molar-refractivity contribution is 7.13. The number of rotatable bonds is 28. The maximum Gasteiger partial charge on any atom is 0.425 e. The highest BCUT2D eigenvalue weighted by atomic mass is 32.1. The monoisotopic (exact) mass is 2140 g/mol. The highest BCUT2D eigenvalue weighted by Crippen LogP contribution is 2.49. The van der Waals surface area contributed by atoms with E-state index < -0.39 is 151 Å². The van der Waals surface area contributed by atoms with Crippen LogP contribution in [0.25, 0.3) is 0 Å². The van der Waals surface area contributed by atoms with E-state index in [1.165, 1.54) is 30.9 Å². The average molecular weight is 2140 g/mol. The molecule has 0 radical (unpaired) electrons. The Morgan fingerprint density at radius 3 is 1.20 bits per heavy atom. The maximum atomic E-state index is 15.1. The molecule has 0 aliphatic carbocycles. The van der Waals surface area contributed by atoms with Crippen LogP contribution < -0.4 is 49.0 Å². The number of likely N-dealkylation sites (tertiary alicyclic amines) is 3. The van der Waals surface area contributed by atoms with Crippen LogP contribution >= 0.6 is 34.0 Å². The number of aliphatic hydroxyl groups is 2. The first kappa shape index (κ1) is 111. The third-order valence-electron chi connectivity index (χ3n) is 27.2. The number of piperazine rings is 4. The van der Waals surface area contributed by atoms with Crippen LogP contribution in [0.15, 0.2) is 163 Å². The van der Waals surface area contributed by atoms with Crippen molar-refractivity contribution in [2.24, 2.45) is 0 Å². The normalized spacial score (nSPS) is 20.9. The molecule has 148 heavy (non-hydrogen) atoms. The fraction of sp³-hybridized carbons (Fsp3) is 0.485. The van der Waals surface area contributed by atoms with E-state index in [4.69, 9.17) is 23.7 Å². The van der Waals surface area contributed by atoms with Crippen molar-refractivity contribution in [2.45, 2.75) is 157 Å². The van der Waals surface area contributed by atoms with Gasteiger partial charge in [-0.15, -0.1) is 34.0 Å². The molecule has 3 aromatic carbocycles. The van der Waals surface area contributed by atoms with Crippen LogP contribution in [-0.2, 0) is 50.1 Å². The SMILES string of the molecule is CCCC1N(C(=O)c2cnccc2C(F)(F)F)CCCC1(Oc1ccc(C)s1)C(=O)N1CCN(c2ccccc2OC)CC1.CCC[C@H]1N(C(=O)c2cnccc2C(F)(F)F)CCC[C@@]1(Oc1csc(C(F)(F)F)c1)C(=O)N1CCN(c2ccccc2NC(=O)CO)CC1.O=C(c1cnccc1C(F)(F)F)N1CCC[C@@](Oc2csc(C(F)(F)F)c2)(C(=O)N2CCN(c3ccccc3OCCO)CC2)[C@H]1CCN1CCNCC1. The van der Waals surface area contributed by atoms with Crippen LogP contribution in [0.2, 0.25) is 0 Å². The molecule has 7 fully saturated rings. The van der Waals surface area contributed by atoms with Crippen molar-refractivity contribution in [3.05, 3.63) is 211 Å². The number of hydrogen-bond acceptors (Lipinski definition) is 25. The third kappa shape index (κ3) is 25.5. The summed E-state index contributed by atoms with van der Waals surface area (Å²) >= 11 is 2.18. The molecule has 16 rings (SSSR count). The molecule has 7 aliphatic heterocycles. The van der Waals surface area contributed by atoms with Gasteiger partial charge in [-0.05, 0) is 112 Å². The summed E-state index contributed by atoms with van der Waals surface area (Å²) in [5, 5.41) is 27.2. The van der Waals surface area contributed by atoms with Gasteiger partial charge in [0.05, 0.1) is 88.0 Å². The molecular weight excluding hydrogens is 2030 g/mol. The number of aliphatic hydroxyl groups excluding tert-OH is 2. The lowest BCUT2D eigenvalue weighted by Crippen LogP contribution is -2.69. The standard InChI is InChI=1S/C36H42F6N6O5S.C33H35F6N5O5S.C32H37F3N4O4S/c37-35(38,39)27-6-9-44-23-26(27)32(50)48-12-3-8-34(30(48)7-13-45-14-10-43-11-15-45,53-25-22-31(54-24-25)36(40,41)42)33(51)47-18-16-46(17-19-47)28-4-1-2-5-29(28)52-21-20-49;1-2-6-26-31(49-21-17-27(50-20-21)33(37,38)39,10-5-12-44(26)29(47)22-18-40-11-9-23(22)32(34,35)36)30(48)43-15-13-42(14-16-43)25-8-4-3-7-24(25)41-28(46)19-45;1-4-8-27-31(43-28-12-11-22(2)44-28,14-7-16-39(27)29(40)23-21-36-15-13-24(23)32(33,34)35)30(41)38-19-17-37(18-20-38)25-9-5-6-10-26(25)42-3/h1-2,4-6,9,22-24,30,43,49H,3,7-8,10-21H2;3-4,7-9,11,17-18,20,26,45H,2,5-6,10,12-16,19H2,1H3,(H,41,46);5-6,9-13,15,21,27H,4,7-8,14,16-20H2,1-3H3/t30-,34+;26-,31+;/m11./s1. The number of amides is 7. The Morgan fingerprint density at radius 2 is 0.831 bits per heavy atom. The number of thiophene rings is 3. The molecule has 13 heterocycles. The first-order valence-corrected chi connectivity index (χ1v) is 51.1. The Hall–Kier alpha value is -12.3. The lowest BCUT2D eigenvalue weighted by atomic mass is 9.79. The summed E-state index contributed by atoms with van der Waals surface area (Å²) < 4.78 is 239. The number of aryl methyl sites for hydroxylation is 1. The zero-order chi connectivity index (χ0) is 106. The number of ether oxygens (including phenoxy) is 5. The van der Waals surface area contributed by atoms with E-state index in [9.17, 15) is 105 Å². The van der Waals surface area contributed by atoms with Crippen molar-refractivity contribution in [3.63, 3.8) is 0 Å². The summed E-state index contributed by atoms with van der Waals surface area (Å²) in [6.45, 7) is 11.8. The largest absolute Gasteiger partial charge is 0.495 e. The average Bonchev–Trinajstić information content (AvgIpc) is 1.34. The Labute approximate surface area is 855 Å². The number of benzene rings is 3. The maximum absolute atomic E-state index is 15.1. The van der Waals surface area contributed by atoms with Gasteiger partial charge in [-0.3, -0.25) is 48.5 Å². The molecule has 7 aliphatic rings. The van der Waals surface area contributed by atoms with Crippen LogP contribution in [0.5, 0.6) is 28.1 Å². The number of piperidine rings is 3. The molecule has 29 nitrogen and oxygen atoms in total. The van der Waals surface area contributed by atoms with Gasteiger partial charge in [-0.1, -0.05) is 63.1 Å². The van der Waals surface area contributed by atoms with Crippen LogP contribution in [0.1, 0.15) is 147 Å². The first-order valence-electron chi connectivity index (χ1n) is 48.5. The number of aromatic nitrogens is 3. The van der Waals surface area contributed by atoms with E-state index in [0.717, 1.165) is 94.2 Å². The van der Waals surface area contributed by atoms with E-state index in [1.807, 2.05) is 66.1 Å². The predicted octanol–water partition coefficient (Wildman–Crippen LogP) is 16.4. The van der Waals surface area contributed by atoms with Crippen molar-refractivity contribution < 1.29 is 133 Å². The van der Waals surface area contributed by atoms with E-state index >= 15 is 4.79 Å².